The normalized spacial score (nSPS) is 14.1. The number of rotatable bonds is 19. The monoisotopic (exact) mass is 832 g/mol. The number of benzene rings is 3. The molecule has 0 atom stereocenters. The van der Waals surface area contributed by atoms with Crippen LogP contribution in [0.15, 0.2) is 108 Å². The van der Waals surface area contributed by atoms with Crippen molar-refractivity contribution in [1.29, 1.82) is 0 Å². The average Bonchev–Trinajstić information content (AvgIpc) is 4.05. The van der Waals surface area contributed by atoms with Crippen molar-refractivity contribution in [3.05, 3.63) is 128 Å². The quantitative estimate of drug-likeness (QED) is 0.0763. The van der Waals surface area contributed by atoms with Crippen LogP contribution in [0, 0.1) is 13.8 Å². The Kier molecular flexibility index (Phi) is 13.2. The summed E-state index contributed by atoms with van der Waals surface area (Å²) in [5.74, 6) is -0.0908. The molecule has 0 unspecified atom stereocenters. The third-order valence-electron chi connectivity index (χ3n) is 11.8. The Balaban J connectivity index is 1.23. The highest BCUT2D eigenvalue weighted by Gasteiger charge is 2.49. The first-order valence-corrected chi connectivity index (χ1v) is 23.7. The Labute approximate surface area is 363 Å². The van der Waals surface area contributed by atoms with E-state index in [2.05, 4.69) is 88.4 Å². The Morgan fingerprint density at radius 1 is 0.483 bits per heavy atom. The van der Waals surface area contributed by atoms with Gasteiger partial charge in [0, 0.05) is 39.5 Å². The molecule has 8 heteroatoms. The van der Waals surface area contributed by atoms with Gasteiger partial charge in [-0.05, 0) is 56.5 Å². The van der Waals surface area contributed by atoms with Gasteiger partial charge in [0.05, 0.1) is 54.7 Å². The highest BCUT2D eigenvalue weighted by molar-refractivity contribution is 7.16. The number of nitrogens with zero attached hydrogens (tertiary/aromatic N) is 4. The summed E-state index contributed by atoms with van der Waals surface area (Å²) in [6.07, 6.45) is 13.5. The zero-order valence-electron chi connectivity index (χ0n) is 35.6. The number of aryl methyl sites for hydroxylation is 2. The topological polar surface area (TPSA) is 66.4 Å². The number of thiophene rings is 2. The number of carbonyl (C=O) groups excluding carboxylic acids is 2. The van der Waals surface area contributed by atoms with Crippen LogP contribution < -0.4 is 0 Å². The van der Waals surface area contributed by atoms with E-state index in [1.807, 2.05) is 46.2 Å². The molecule has 2 amide bonds. The number of fused-ring (bicyclic) bond motifs is 2. The number of carbonyl (C=O) groups is 2. The maximum absolute atomic E-state index is 14.9. The van der Waals surface area contributed by atoms with E-state index < -0.39 is 0 Å². The number of amides is 2. The lowest BCUT2D eigenvalue weighted by molar-refractivity contribution is -0.124. The van der Waals surface area contributed by atoms with Crippen LogP contribution >= 0.6 is 22.7 Å². The van der Waals surface area contributed by atoms with E-state index in [4.69, 9.17) is 9.97 Å². The molecule has 6 aromatic rings. The molecule has 2 aliphatic rings. The van der Waals surface area contributed by atoms with Crippen LogP contribution in [-0.2, 0) is 9.59 Å². The smallest absolute Gasteiger partial charge is 0.261 e. The van der Waals surface area contributed by atoms with Crippen molar-refractivity contribution < 1.29 is 9.59 Å². The average molecular weight is 833 g/mol. The zero-order valence-corrected chi connectivity index (χ0v) is 37.2. The Morgan fingerprint density at radius 3 is 1.47 bits per heavy atom. The first-order chi connectivity index (χ1) is 29.4. The van der Waals surface area contributed by atoms with Crippen molar-refractivity contribution in [2.45, 2.75) is 105 Å². The number of hydrogen-bond acceptors (Lipinski definition) is 6. The number of aromatic nitrogens is 2. The molecule has 3 aromatic carbocycles. The third kappa shape index (κ3) is 8.42. The van der Waals surface area contributed by atoms with Gasteiger partial charge in [-0.25, -0.2) is 9.97 Å². The summed E-state index contributed by atoms with van der Waals surface area (Å²) < 4.78 is 0. The van der Waals surface area contributed by atoms with E-state index in [0.717, 1.165) is 109 Å². The van der Waals surface area contributed by atoms with E-state index in [0.29, 0.717) is 24.2 Å². The lowest BCUT2D eigenvalue weighted by Crippen LogP contribution is -2.30. The van der Waals surface area contributed by atoms with Crippen molar-refractivity contribution in [2.24, 2.45) is 0 Å². The molecular weight excluding hydrogens is 777 g/mol. The molecule has 2 aliphatic heterocycles. The summed E-state index contributed by atoms with van der Waals surface area (Å²) in [4.78, 5) is 48.6. The van der Waals surface area contributed by atoms with Crippen LogP contribution in [-0.4, -0.2) is 44.7 Å². The summed E-state index contributed by atoms with van der Waals surface area (Å²) in [6, 6.07) is 33.3. The summed E-state index contributed by atoms with van der Waals surface area (Å²) in [5.41, 5.74) is 10.2. The molecule has 3 aromatic heterocycles. The van der Waals surface area contributed by atoms with Crippen LogP contribution in [0.1, 0.15) is 111 Å². The standard InChI is InChI=1S/C52H56N4O2S2/c1-5-7-9-11-13-21-33-55-49(41-30-28-36(4)59-41)43-44(52(55)58)50(56(51(43)57)34-22-14-12-10-8-6-2)42-32-31-40(60-42)39-29-27-35(3)45-48(39)54-47(38-25-19-16-20-26-38)46(53-45)37-23-17-15-18-24-37/h15-20,23-32H,5-14,21-22,33-34H2,1-4H3. The molecule has 0 spiro atoms. The minimum absolute atomic E-state index is 0.0454. The van der Waals surface area contributed by atoms with Gasteiger partial charge in [-0.1, -0.05) is 151 Å². The molecule has 308 valence electrons. The van der Waals surface area contributed by atoms with Gasteiger partial charge in [0.2, 0.25) is 0 Å². The third-order valence-corrected chi connectivity index (χ3v) is 14.0. The van der Waals surface area contributed by atoms with Gasteiger partial charge in [-0.15, -0.1) is 22.7 Å². The fourth-order valence-electron chi connectivity index (χ4n) is 8.67. The van der Waals surface area contributed by atoms with Gasteiger partial charge in [-0.3, -0.25) is 9.59 Å². The van der Waals surface area contributed by atoms with Crippen molar-refractivity contribution in [2.75, 3.05) is 13.1 Å². The fraction of sp³-hybridized carbons (Fsp3) is 0.346. The van der Waals surface area contributed by atoms with Crippen molar-refractivity contribution >= 4 is 56.9 Å². The second kappa shape index (κ2) is 19.0. The lowest BCUT2D eigenvalue weighted by atomic mass is 10.0. The summed E-state index contributed by atoms with van der Waals surface area (Å²) in [5, 5.41) is 0. The lowest BCUT2D eigenvalue weighted by Gasteiger charge is -2.24. The molecule has 0 fully saturated rings. The minimum atomic E-state index is -0.0454. The second-order valence-corrected chi connectivity index (χ2v) is 18.6. The van der Waals surface area contributed by atoms with Crippen molar-refractivity contribution in [3.63, 3.8) is 0 Å². The molecule has 0 aliphatic carbocycles. The summed E-state index contributed by atoms with van der Waals surface area (Å²) in [6.45, 7) is 9.86. The van der Waals surface area contributed by atoms with Crippen LogP contribution in [0.25, 0.3) is 55.4 Å². The Hall–Kier alpha value is -5.18. The molecule has 0 N–H and O–H groups in total. The summed E-state index contributed by atoms with van der Waals surface area (Å²) in [7, 11) is 0. The van der Waals surface area contributed by atoms with Gasteiger partial charge >= 0.3 is 0 Å². The predicted molar refractivity (Wildman–Crippen MR) is 252 cm³/mol. The predicted octanol–water partition coefficient (Wildman–Crippen LogP) is 13.9. The molecule has 0 saturated carbocycles. The number of unbranched alkanes of at least 4 members (excludes halogenated alkanes) is 10. The first kappa shape index (κ1) is 41.5. The second-order valence-electron chi connectivity index (χ2n) is 16.3. The van der Waals surface area contributed by atoms with Gasteiger partial charge in [0.25, 0.3) is 11.8 Å². The molecular formula is C52H56N4O2S2. The maximum Gasteiger partial charge on any atom is 0.261 e. The van der Waals surface area contributed by atoms with E-state index in [9.17, 15) is 9.59 Å². The molecule has 60 heavy (non-hydrogen) atoms. The SMILES string of the molecule is CCCCCCCCN1C(=O)C2=C(c3ccc(-c4ccc(C)c5nc(-c6ccccc6)c(-c6ccccc6)nc45)s3)N(CCCCCCCC)C(=O)C2=C1c1ccc(C)s1. The van der Waals surface area contributed by atoms with Crippen LogP contribution in [0.5, 0.6) is 0 Å². The molecule has 0 saturated heterocycles. The van der Waals surface area contributed by atoms with E-state index in [1.54, 1.807) is 22.7 Å². The first-order valence-electron chi connectivity index (χ1n) is 22.1. The Morgan fingerprint density at radius 2 is 0.950 bits per heavy atom. The van der Waals surface area contributed by atoms with Gasteiger partial charge < -0.3 is 9.80 Å². The summed E-state index contributed by atoms with van der Waals surface area (Å²) >= 11 is 3.30. The molecule has 8 rings (SSSR count). The number of hydrogen-bond donors (Lipinski definition) is 0. The van der Waals surface area contributed by atoms with Crippen molar-refractivity contribution in [3.8, 4) is 33.0 Å². The fourth-order valence-corrected chi connectivity index (χ4v) is 10.7. The Bertz CT molecular complexity index is 2550. The van der Waals surface area contributed by atoms with E-state index >= 15 is 0 Å². The van der Waals surface area contributed by atoms with E-state index in [1.165, 1.54) is 43.4 Å². The maximum atomic E-state index is 14.9. The minimum Gasteiger partial charge on any atom is -0.306 e. The largest absolute Gasteiger partial charge is 0.306 e. The molecule has 6 nitrogen and oxygen atoms in total. The van der Waals surface area contributed by atoms with Crippen LogP contribution in [0.4, 0.5) is 0 Å². The zero-order chi connectivity index (χ0) is 41.6. The van der Waals surface area contributed by atoms with Gasteiger partial charge in [0.15, 0.2) is 0 Å². The molecule has 0 bridgehead atoms. The van der Waals surface area contributed by atoms with E-state index in [-0.39, 0.29) is 11.8 Å². The highest BCUT2D eigenvalue weighted by Crippen LogP contribution is 2.50. The molecule has 5 heterocycles. The van der Waals surface area contributed by atoms with Gasteiger partial charge in [-0.2, -0.15) is 0 Å². The van der Waals surface area contributed by atoms with Crippen molar-refractivity contribution in [1.82, 2.24) is 19.8 Å². The van der Waals surface area contributed by atoms with Gasteiger partial charge in [0.1, 0.15) is 0 Å². The molecule has 0 radical (unpaired) electrons. The van der Waals surface area contributed by atoms with Crippen LogP contribution in [0.3, 0.4) is 0 Å². The highest BCUT2D eigenvalue weighted by atomic mass is 32.1. The van der Waals surface area contributed by atoms with Crippen LogP contribution in [0.2, 0.25) is 0 Å².